The molecule has 0 saturated carbocycles. The third kappa shape index (κ3) is 6.09. The second kappa shape index (κ2) is 15.0. The second-order valence-corrected chi connectivity index (χ2v) is 18.4. The van der Waals surface area contributed by atoms with Gasteiger partial charge < -0.3 is 18.9 Å². The molecule has 0 aliphatic carbocycles. The minimum Gasteiger partial charge on any atom is -0.316 e. The van der Waals surface area contributed by atoms with Crippen molar-refractivity contribution in [3.05, 3.63) is 231 Å². The lowest BCUT2D eigenvalue weighted by Gasteiger charge is -2.34. The van der Waals surface area contributed by atoms with Crippen LogP contribution >= 0.6 is 23.5 Å². The minimum absolute atomic E-state index is 1.12. The van der Waals surface area contributed by atoms with Gasteiger partial charge in [0.05, 0.1) is 33.8 Å². The first kappa shape index (κ1) is 37.0. The zero-order valence-corrected chi connectivity index (χ0v) is 36.2. The Morgan fingerprint density at radius 2 is 0.812 bits per heavy atom. The van der Waals surface area contributed by atoms with Gasteiger partial charge >= 0.3 is 0 Å². The Labute approximate surface area is 380 Å². The first-order valence-corrected chi connectivity index (χ1v) is 23.2. The van der Waals surface area contributed by atoms with Crippen molar-refractivity contribution in [3.8, 4) is 33.6 Å². The van der Waals surface area contributed by atoms with Crippen LogP contribution in [-0.4, -0.2) is 9.13 Å². The number of fused-ring (bicyclic) bond motifs is 6. The molecule has 64 heavy (non-hydrogen) atoms. The highest BCUT2D eigenvalue weighted by Gasteiger charge is 2.29. The van der Waals surface area contributed by atoms with Crippen molar-refractivity contribution in [1.29, 1.82) is 0 Å². The van der Waals surface area contributed by atoms with E-state index >= 15 is 0 Å². The summed E-state index contributed by atoms with van der Waals surface area (Å²) in [5.74, 6) is 0. The van der Waals surface area contributed by atoms with E-state index in [9.17, 15) is 0 Å². The van der Waals surface area contributed by atoms with Crippen LogP contribution in [0, 0.1) is 0 Å². The molecule has 9 aromatic carbocycles. The first-order valence-electron chi connectivity index (χ1n) is 21.6. The highest BCUT2D eigenvalue weighted by molar-refractivity contribution is 8.00. The van der Waals surface area contributed by atoms with Gasteiger partial charge in [0.25, 0.3) is 0 Å². The molecule has 4 nitrogen and oxygen atoms in total. The molecule has 2 aliphatic rings. The summed E-state index contributed by atoms with van der Waals surface area (Å²) in [6, 6.07) is 79.5. The molecule has 6 heteroatoms. The molecule has 0 bridgehead atoms. The van der Waals surface area contributed by atoms with Crippen LogP contribution in [0.5, 0.6) is 0 Å². The summed E-state index contributed by atoms with van der Waals surface area (Å²) in [6.45, 7) is 0. The van der Waals surface area contributed by atoms with Crippen LogP contribution in [-0.2, 0) is 0 Å². The Balaban J connectivity index is 0.945. The van der Waals surface area contributed by atoms with Gasteiger partial charge in [-0.25, -0.2) is 0 Å². The van der Waals surface area contributed by atoms with Gasteiger partial charge in [0.15, 0.2) is 0 Å². The monoisotopic (exact) mass is 854 g/mol. The van der Waals surface area contributed by atoms with E-state index in [1.54, 1.807) is 0 Å². The van der Waals surface area contributed by atoms with Crippen molar-refractivity contribution in [3.63, 3.8) is 0 Å². The summed E-state index contributed by atoms with van der Waals surface area (Å²) in [5, 5.41) is 2.45. The lowest BCUT2D eigenvalue weighted by atomic mass is 10.0. The van der Waals surface area contributed by atoms with Gasteiger partial charge in [0.2, 0.25) is 0 Å². The molecule has 0 unspecified atom stereocenters. The number of hydrogen-bond donors (Lipinski definition) is 0. The van der Waals surface area contributed by atoms with Crippen LogP contribution in [0.15, 0.2) is 250 Å². The summed E-state index contributed by atoms with van der Waals surface area (Å²) >= 11 is 3.70. The molecule has 2 aromatic heterocycles. The van der Waals surface area contributed by atoms with E-state index in [0.29, 0.717) is 0 Å². The number of nitrogens with zero attached hydrogens (tertiary/aromatic N) is 4. The number of hydrogen-bond acceptors (Lipinski definition) is 4. The van der Waals surface area contributed by atoms with E-state index < -0.39 is 0 Å². The molecule has 2 aliphatic heterocycles. The Morgan fingerprint density at radius 3 is 1.44 bits per heavy atom. The molecule has 0 radical (unpaired) electrons. The standard InChI is InChI=1S/C58H38N4S2/c1-4-16-39(17-5-1)48-38-60(44-22-8-3-9-23-44)52-37-58-53(35-47(48)52)61(49-26-10-13-29-56(49)64-58)45-24-14-18-40(32-45)41-19-15-25-46(33-41)62-50-27-11-12-28-55(50)63-57-34-42-30-31-59(51(42)36-54(57)62)43-20-6-2-7-21-43/h1-38H. The molecular formula is C58H38N4S2. The fourth-order valence-electron chi connectivity index (χ4n) is 9.53. The lowest BCUT2D eigenvalue weighted by Crippen LogP contribution is -2.15. The number of benzene rings is 9. The van der Waals surface area contributed by atoms with Crippen molar-refractivity contribution in [1.82, 2.24) is 9.13 Å². The molecule has 0 spiro atoms. The zero-order valence-electron chi connectivity index (χ0n) is 34.5. The van der Waals surface area contributed by atoms with Crippen LogP contribution in [0.2, 0.25) is 0 Å². The largest absolute Gasteiger partial charge is 0.316 e. The SMILES string of the molecule is c1ccc(-c2cn(-c3ccccc3)c3cc4c(cc23)N(c2cccc(-c3cccc(N5c6ccccc6Sc6cc7ccn(-c8ccccc8)c7cc65)c3)c2)c2ccccc2S4)cc1. The Kier molecular flexibility index (Phi) is 8.67. The lowest BCUT2D eigenvalue weighted by molar-refractivity contribution is 1.12. The normalized spacial score (nSPS) is 12.8. The summed E-state index contributed by atoms with van der Waals surface area (Å²) in [6.07, 6.45) is 4.49. The van der Waals surface area contributed by atoms with Crippen molar-refractivity contribution in [2.24, 2.45) is 0 Å². The fraction of sp³-hybridized carbons (Fsp3) is 0. The molecule has 302 valence electrons. The molecule has 13 rings (SSSR count). The van der Waals surface area contributed by atoms with Crippen molar-refractivity contribution in [2.75, 3.05) is 9.80 Å². The van der Waals surface area contributed by atoms with Crippen LogP contribution in [0.25, 0.3) is 55.4 Å². The Hall–Kier alpha value is -7.64. The molecule has 0 saturated heterocycles. The van der Waals surface area contributed by atoms with E-state index in [2.05, 4.69) is 250 Å². The minimum atomic E-state index is 1.12. The van der Waals surface area contributed by atoms with Crippen LogP contribution < -0.4 is 9.80 Å². The summed E-state index contributed by atoms with van der Waals surface area (Å²) < 4.78 is 4.64. The number of aromatic nitrogens is 2. The van der Waals surface area contributed by atoms with Gasteiger partial charge in [-0.15, -0.1) is 0 Å². The van der Waals surface area contributed by atoms with E-state index in [1.807, 2.05) is 23.5 Å². The number of rotatable bonds is 6. The van der Waals surface area contributed by atoms with Crippen molar-refractivity contribution in [2.45, 2.75) is 19.6 Å². The quantitative estimate of drug-likeness (QED) is 0.166. The number of anilines is 6. The highest BCUT2D eigenvalue weighted by Crippen LogP contribution is 2.55. The van der Waals surface area contributed by atoms with Crippen LogP contribution in [0.1, 0.15) is 0 Å². The molecular weight excluding hydrogens is 817 g/mol. The fourth-order valence-corrected chi connectivity index (χ4v) is 11.7. The smallest absolute Gasteiger partial charge is 0.0622 e. The topological polar surface area (TPSA) is 16.3 Å². The highest BCUT2D eigenvalue weighted by atomic mass is 32.2. The van der Waals surface area contributed by atoms with Gasteiger partial charge in [-0.2, -0.15) is 0 Å². The second-order valence-electron chi connectivity index (χ2n) is 16.3. The third-order valence-electron chi connectivity index (χ3n) is 12.5. The average molecular weight is 855 g/mol. The van der Waals surface area contributed by atoms with Crippen LogP contribution in [0.3, 0.4) is 0 Å². The van der Waals surface area contributed by atoms with E-state index in [-0.39, 0.29) is 0 Å². The maximum Gasteiger partial charge on any atom is 0.0622 e. The summed E-state index contributed by atoms with van der Waals surface area (Å²) in [5.41, 5.74) is 16.4. The molecule has 0 fully saturated rings. The summed E-state index contributed by atoms with van der Waals surface area (Å²) in [7, 11) is 0. The molecule has 11 aromatic rings. The predicted molar refractivity (Wildman–Crippen MR) is 269 cm³/mol. The molecule has 0 atom stereocenters. The maximum absolute atomic E-state index is 2.46. The molecule has 0 N–H and O–H groups in total. The van der Waals surface area contributed by atoms with Gasteiger partial charge in [0, 0.05) is 71.1 Å². The number of para-hydroxylation sites is 4. The average Bonchev–Trinajstić information content (AvgIpc) is 3.95. The third-order valence-corrected chi connectivity index (χ3v) is 14.7. The zero-order chi connectivity index (χ0) is 42.1. The first-order chi connectivity index (χ1) is 31.7. The maximum atomic E-state index is 2.46. The van der Waals surface area contributed by atoms with Gasteiger partial charge in [-0.1, -0.05) is 139 Å². The molecule has 4 heterocycles. The van der Waals surface area contributed by atoms with E-state index in [4.69, 9.17) is 0 Å². The van der Waals surface area contributed by atoms with E-state index in [1.165, 1.54) is 75.3 Å². The van der Waals surface area contributed by atoms with Crippen LogP contribution in [0.4, 0.5) is 34.1 Å². The predicted octanol–water partition coefficient (Wildman–Crippen LogP) is 16.8. The molecule has 0 amide bonds. The van der Waals surface area contributed by atoms with Gasteiger partial charge in [-0.3, -0.25) is 0 Å². The van der Waals surface area contributed by atoms with Gasteiger partial charge in [-0.05, 0) is 120 Å². The summed E-state index contributed by atoms with van der Waals surface area (Å²) in [4.78, 5) is 9.85. The Bertz CT molecular complexity index is 3580. The van der Waals surface area contributed by atoms with E-state index in [0.717, 1.165) is 33.9 Å². The van der Waals surface area contributed by atoms with Crippen molar-refractivity contribution >= 4 is 79.5 Å². The van der Waals surface area contributed by atoms with Crippen molar-refractivity contribution < 1.29 is 0 Å². The Morgan fingerprint density at radius 1 is 0.312 bits per heavy atom. The van der Waals surface area contributed by atoms with Gasteiger partial charge in [0.1, 0.15) is 0 Å².